The highest BCUT2D eigenvalue weighted by atomic mass is 16.1. The third-order valence-electron chi connectivity index (χ3n) is 5.60. The normalized spacial score (nSPS) is 18.3. The second kappa shape index (κ2) is 11.6. The lowest BCUT2D eigenvalue weighted by Gasteiger charge is -2.26. The maximum Gasteiger partial charge on any atom is 0.185 e. The number of allylic oxidation sites excluding steroid dienone is 2. The number of Topliss-reactive ketones (excluding diaryl/α,β-unsaturated/α-hetero) is 1. The lowest BCUT2D eigenvalue weighted by atomic mass is 9.77. The predicted molar refractivity (Wildman–Crippen MR) is 128 cm³/mol. The van der Waals surface area contributed by atoms with E-state index >= 15 is 0 Å². The molecule has 1 atom stereocenters. The van der Waals surface area contributed by atoms with Gasteiger partial charge >= 0.3 is 0 Å². The van der Waals surface area contributed by atoms with Crippen LogP contribution in [0.5, 0.6) is 0 Å². The Balaban J connectivity index is 1.89. The lowest BCUT2D eigenvalue weighted by molar-refractivity contribution is -0.113. The fraction of sp³-hybridized carbons (Fsp3) is 0.320. The molecule has 7 heteroatoms. The monoisotopic (exact) mass is 426 g/mol. The molecule has 1 fully saturated rings. The van der Waals surface area contributed by atoms with Crippen molar-refractivity contribution in [3.8, 4) is 0 Å². The van der Waals surface area contributed by atoms with E-state index in [0.717, 1.165) is 48.0 Å². The first-order chi connectivity index (χ1) is 15.6. The summed E-state index contributed by atoms with van der Waals surface area (Å²) in [7, 11) is 0. The highest BCUT2D eigenvalue weighted by Crippen LogP contribution is 2.35. The largest absolute Gasteiger partial charge is 0.289 e. The molecule has 0 heterocycles. The van der Waals surface area contributed by atoms with E-state index in [1.54, 1.807) is 24.3 Å². The number of nitrogens with zero attached hydrogens (tertiary/aromatic N) is 6. The minimum atomic E-state index is 0.0787. The first-order valence-electron chi connectivity index (χ1n) is 10.9. The van der Waals surface area contributed by atoms with Crippen LogP contribution in [-0.4, -0.2) is 5.78 Å². The van der Waals surface area contributed by atoms with Gasteiger partial charge < -0.3 is 0 Å². The first-order valence-corrected chi connectivity index (χ1v) is 10.9. The van der Waals surface area contributed by atoms with Crippen LogP contribution in [0, 0.1) is 5.92 Å². The molecule has 2 aromatic carbocycles. The van der Waals surface area contributed by atoms with Gasteiger partial charge in [0.15, 0.2) is 5.78 Å². The van der Waals surface area contributed by atoms with Crippen LogP contribution in [0.3, 0.4) is 0 Å². The average molecular weight is 427 g/mol. The Morgan fingerprint density at radius 3 is 1.72 bits per heavy atom. The quantitative estimate of drug-likeness (QED) is 0.136. The summed E-state index contributed by atoms with van der Waals surface area (Å²) in [5.41, 5.74) is 21.7. The van der Waals surface area contributed by atoms with Crippen LogP contribution in [0.25, 0.3) is 33.0 Å². The van der Waals surface area contributed by atoms with Gasteiger partial charge in [0.05, 0.1) is 0 Å². The Labute approximate surface area is 187 Å². The zero-order valence-electron chi connectivity index (χ0n) is 18.2. The van der Waals surface area contributed by atoms with Gasteiger partial charge in [-0.2, -0.15) is 0 Å². The summed E-state index contributed by atoms with van der Waals surface area (Å²) < 4.78 is 0. The van der Waals surface area contributed by atoms with E-state index in [9.17, 15) is 4.79 Å². The van der Waals surface area contributed by atoms with Crippen LogP contribution in [0.1, 0.15) is 56.6 Å². The molecule has 0 amide bonds. The van der Waals surface area contributed by atoms with Gasteiger partial charge in [0.2, 0.25) is 0 Å². The molecule has 1 aliphatic rings. The molecular weight excluding hydrogens is 400 g/mol. The van der Waals surface area contributed by atoms with Crippen LogP contribution in [0.15, 0.2) is 69.9 Å². The third kappa shape index (κ3) is 6.35. The van der Waals surface area contributed by atoms with Crippen LogP contribution >= 0.6 is 0 Å². The Morgan fingerprint density at radius 1 is 0.844 bits per heavy atom. The standard InChI is InChI=1S/C25H26N6O/c1-2-3-4-5-20-16-21(14-18-6-10-23(11-7-18)28-30-26)25(32)22(17-20)15-19-8-12-24(13-9-19)29-31-27/h6-15,20H,2-5,16-17H2,1H3/b21-14-,22-15+. The van der Waals surface area contributed by atoms with Gasteiger partial charge in [0, 0.05) is 32.3 Å². The van der Waals surface area contributed by atoms with E-state index in [1.165, 1.54) is 12.8 Å². The molecule has 162 valence electrons. The summed E-state index contributed by atoms with van der Waals surface area (Å²) in [4.78, 5) is 18.9. The van der Waals surface area contributed by atoms with Crippen LogP contribution in [-0.2, 0) is 4.79 Å². The van der Waals surface area contributed by atoms with Crippen molar-refractivity contribution >= 4 is 29.3 Å². The van der Waals surface area contributed by atoms with Crippen molar-refractivity contribution in [2.45, 2.75) is 45.4 Å². The van der Waals surface area contributed by atoms with E-state index < -0.39 is 0 Å². The molecule has 0 spiro atoms. The van der Waals surface area contributed by atoms with Crippen molar-refractivity contribution in [2.75, 3.05) is 0 Å². The Bertz CT molecular complexity index is 1020. The van der Waals surface area contributed by atoms with Crippen molar-refractivity contribution in [2.24, 2.45) is 16.1 Å². The molecule has 2 aromatic rings. The number of ketones is 1. The Morgan fingerprint density at radius 2 is 1.31 bits per heavy atom. The maximum atomic E-state index is 13.3. The second-order valence-electron chi connectivity index (χ2n) is 8.00. The summed E-state index contributed by atoms with van der Waals surface area (Å²) in [5, 5.41) is 7.19. The number of azide groups is 2. The fourth-order valence-electron chi connectivity index (χ4n) is 4.00. The minimum absolute atomic E-state index is 0.0787. The number of hydrogen-bond acceptors (Lipinski definition) is 3. The number of rotatable bonds is 8. The molecule has 0 saturated heterocycles. The van der Waals surface area contributed by atoms with E-state index in [1.807, 2.05) is 36.4 Å². The number of hydrogen-bond donors (Lipinski definition) is 0. The maximum absolute atomic E-state index is 13.3. The predicted octanol–water partition coefficient (Wildman–Crippen LogP) is 8.60. The smallest absolute Gasteiger partial charge is 0.185 e. The first kappa shape index (κ1) is 22.9. The van der Waals surface area contributed by atoms with Gasteiger partial charge in [-0.3, -0.25) is 4.79 Å². The molecule has 0 radical (unpaired) electrons. The van der Waals surface area contributed by atoms with Gasteiger partial charge in [0.25, 0.3) is 0 Å². The van der Waals surface area contributed by atoms with E-state index in [2.05, 4.69) is 27.0 Å². The van der Waals surface area contributed by atoms with Gasteiger partial charge in [-0.05, 0) is 59.5 Å². The zero-order chi connectivity index (χ0) is 22.8. The minimum Gasteiger partial charge on any atom is -0.289 e. The van der Waals surface area contributed by atoms with Crippen molar-refractivity contribution in [1.82, 2.24) is 0 Å². The van der Waals surface area contributed by atoms with Crippen molar-refractivity contribution in [1.29, 1.82) is 0 Å². The fourth-order valence-corrected chi connectivity index (χ4v) is 4.00. The van der Waals surface area contributed by atoms with Gasteiger partial charge in [0.1, 0.15) is 0 Å². The molecule has 0 bridgehead atoms. The van der Waals surface area contributed by atoms with Crippen LogP contribution in [0.2, 0.25) is 0 Å². The summed E-state index contributed by atoms with van der Waals surface area (Å²) in [5.74, 6) is 0.511. The topological polar surface area (TPSA) is 115 Å². The lowest BCUT2D eigenvalue weighted by Crippen LogP contribution is -2.20. The van der Waals surface area contributed by atoms with Crippen molar-refractivity contribution in [3.63, 3.8) is 0 Å². The molecule has 0 aliphatic heterocycles. The van der Waals surface area contributed by atoms with E-state index in [0.29, 0.717) is 17.3 Å². The number of unbranched alkanes of at least 4 members (excludes halogenated alkanes) is 2. The molecule has 1 saturated carbocycles. The SMILES string of the molecule is CCCCCC1C/C(=C/c2ccc(N=[N+]=[N-])cc2)C(=O)/C(=C/c2ccc(N=[N+]=[N-])cc2)C1. The van der Waals surface area contributed by atoms with Gasteiger partial charge in [-0.15, -0.1) is 0 Å². The average Bonchev–Trinajstić information content (AvgIpc) is 2.80. The highest BCUT2D eigenvalue weighted by molar-refractivity contribution is 6.14. The molecule has 1 aliphatic carbocycles. The number of benzene rings is 2. The summed E-state index contributed by atoms with van der Waals surface area (Å²) in [6.07, 6.45) is 10.1. The van der Waals surface area contributed by atoms with Crippen molar-refractivity contribution in [3.05, 3.63) is 91.7 Å². The van der Waals surface area contributed by atoms with E-state index in [-0.39, 0.29) is 5.78 Å². The summed E-state index contributed by atoms with van der Waals surface area (Å²) in [6, 6.07) is 14.5. The summed E-state index contributed by atoms with van der Waals surface area (Å²) >= 11 is 0. The Kier molecular flexibility index (Phi) is 8.27. The summed E-state index contributed by atoms with van der Waals surface area (Å²) in [6.45, 7) is 2.20. The molecule has 7 nitrogen and oxygen atoms in total. The molecule has 1 unspecified atom stereocenters. The number of carbonyl (C=O) groups is 1. The van der Waals surface area contributed by atoms with Crippen LogP contribution in [0.4, 0.5) is 11.4 Å². The van der Waals surface area contributed by atoms with Crippen molar-refractivity contribution < 1.29 is 4.79 Å². The third-order valence-corrected chi connectivity index (χ3v) is 5.60. The van der Waals surface area contributed by atoms with Gasteiger partial charge in [-0.25, -0.2) is 0 Å². The molecule has 32 heavy (non-hydrogen) atoms. The second-order valence-corrected chi connectivity index (χ2v) is 8.00. The number of carbonyl (C=O) groups excluding carboxylic acids is 1. The zero-order valence-corrected chi connectivity index (χ0v) is 18.2. The van der Waals surface area contributed by atoms with E-state index in [4.69, 9.17) is 11.1 Å². The van der Waals surface area contributed by atoms with Gasteiger partial charge in [-0.1, -0.05) is 84.9 Å². The Hall–Kier alpha value is -3.79. The molecule has 3 rings (SSSR count). The molecule has 0 aromatic heterocycles. The highest BCUT2D eigenvalue weighted by Gasteiger charge is 2.27. The molecular formula is C25H26N6O. The molecule has 0 N–H and O–H groups in total. The van der Waals surface area contributed by atoms with Crippen LogP contribution < -0.4 is 0 Å².